The zero-order chi connectivity index (χ0) is 18.0. The quantitative estimate of drug-likeness (QED) is 0.298. The van der Waals surface area contributed by atoms with Crippen LogP contribution in [0, 0.1) is 10.1 Å². The highest BCUT2D eigenvalue weighted by atomic mass is 16.6. The lowest BCUT2D eigenvalue weighted by molar-refractivity contribution is -0.384. The number of hydrogen-bond acceptors (Lipinski definition) is 4. The molecule has 126 valence electrons. The Balaban J connectivity index is 1.97. The summed E-state index contributed by atoms with van der Waals surface area (Å²) in [5, 5.41) is 13.5. The molecule has 2 aromatic rings. The normalized spacial score (nSPS) is 15.5. The number of nitrogens with one attached hydrogen (secondary N) is 1. The minimum Gasteiger partial charge on any atom is -0.317 e. The molecule has 2 heterocycles. The maximum absolute atomic E-state index is 12.3. The maximum atomic E-state index is 12.3. The number of benzene rings is 1. The van der Waals surface area contributed by atoms with Crippen molar-refractivity contribution in [3.63, 3.8) is 0 Å². The first kappa shape index (κ1) is 16.2. The van der Waals surface area contributed by atoms with Gasteiger partial charge < -0.3 is 9.88 Å². The van der Waals surface area contributed by atoms with E-state index in [1.165, 1.54) is 24.3 Å². The molecule has 25 heavy (non-hydrogen) atoms. The molecular weight excluding hydrogens is 324 g/mol. The van der Waals surface area contributed by atoms with E-state index in [-0.39, 0.29) is 17.9 Å². The molecule has 1 saturated heterocycles. The smallest absolute Gasteiger partial charge is 0.317 e. The van der Waals surface area contributed by atoms with E-state index < -0.39 is 16.9 Å². The molecule has 1 aliphatic rings. The maximum Gasteiger partial charge on any atom is 0.329 e. The topological polar surface area (TPSA) is 97.5 Å². The summed E-state index contributed by atoms with van der Waals surface area (Å²) in [5.41, 5.74) is 1.28. The van der Waals surface area contributed by atoms with Gasteiger partial charge in [0.2, 0.25) is 0 Å². The average Bonchev–Trinajstić information content (AvgIpc) is 3.16. The second kappa shape index (κ2) is 6.44. The number of urea groups is 1. The zero-order valence-electron chi connectivity index (χ0n) is 13.1. The van der Waals surface area contributed by atoms with Gasteiger partial charge in [0.25, 0.3) is 11.6 Å². The van der Waals surface area contributed by atoms with E-state index in [9.17, 15) is 19.7 Å². The zero-order valence-corrected chi connectivity index (χ0v) is 13.1. The van der Waals surface area contributed by atoms with Crippen molar-refractivity contribution in [2.75, 3.05) is 6.54 Å². The molecule has 0 unspecified atom stereocenters. The number of nitrogens with zero attached hydrogens (tertiary/aromatic N) is 3. The third-order valence-electron chi connectivity index (χ3n) is 3.67. The van der Waals surface area contributed by atoms with Crippen LogP contribution in [0.2, 0.25) is 0 Å². The lowest BCUT2D eigenvalue weighted by atomic mass is 10.2. The van der Waals surface area contributed by atoms with Crippen molar-refractivity contribution in [2.24, 2.45) is 0 Å². The van der Waals surface area contributed by atoms with E-state index in [2.05, 4.69) is 11.9 Å². The van der Waals surface area contributed by atoms with E-state index in [1.807, 2.05) is 0 Å². The van der Waals surface area contributed by atoms with E-state index in [4.69, 9.17) is 0 Å². The second-order valence-corrected chi connectivity index (χ2v) is 5.27. The molecule has 0 saturated carbocycles. The van der Waals surface area contributed by atoms with Gasteiger partial charge in [0.1, 0.15) is 5.70 Å². The van der Waals surface area contributed by atoms with Crippen LogP contribution in [0.3, 0.4) is 0 Å². The van der Waals surface area contributed by atoms with Crippen LogP contribution in [-0.2, 0) is 4.79 Å². The molecule has 1 fully saturated rings. The Morgan fingerprint density at radius 3 is 2.76 bits per heavy atom. The van der Waals surface area contributed by atoms with Crippen LogP contribution < -0.4 is 5.32 Å². The molecular formula is C17H14N4O4. The highest BCUT2D eigenvalue weighted by molar-refractivity contribution is 6.14. The molecule has 3 rings (SSSR count). The van der Waals surface area contributed by atoms with E-state index in [0.29, 0.717) is 11.4 Å². The number of nitro benzene ring substituents is 1. The molecule has 3 amide bonds. The average molecular weight is 338 g/mol. The molecule has 0 bridgehead atoms. The first-order valence-electron chi connectivity index (χ1n) is 7.39. The van der Waals surface area contributed by atoms with Crippen LogP contribution in [-0.4, -0.2) is 32.9 Å². The fourth-order valence-corrected chi connectivity index (χ4v) is 2.52. The standard InChI is InChI=1S/C17H14N4O4/c1-2-8-20-16(22)15(18-17(20)23)11-13-7-4-9-19(13)12-5-3-6-14(10-12)21(24)25/h2-7,9-11H,1,8H2,(H,18,23)/b15-11+. The molecule has 0 radical (unpaired) electrons. The summed E-state index contributed by atoms with van der Waals surface area (Å²) in [6.07, 6.45) is 4.71. The molecule has 1 aliphatic heterocycles. The van der Waals surface area contributed by atoms with Gasteiger partial charge in [-0.2, -0.15) is 0 Å². The Morgan fingerprint density at radius 2 is 2.04 bits per heavy atom. The molecule has 1 aromatic heterocycles. The molecule has 1 N–H and O–H groups in total. The lowest BCUT2D eigenvalue weighted by Crippen LogP contribution is -2.30. The van der Waals surface area contributed by atoms with Gasteiger partial charge in [-0.3, -0.25) is 19.8 Å². The van der Waals surface area contributed by atoms with E-state index in [0.717, 1.165) is 4.90 Å². The highest BCUT2D eigenvalue weighted by Crippen LogP contribution is 2.21. The number of imide groups is 1. The first-order chi connectivity index (χ1) is 12.0. The summed E-state index contributed by atoms with van der Waals surface area (Å²) >= 11 is 0. The fraction of sp³-hybridized carbons (Fsp3) is 0.0588. The summed E-state index contributed by atoms with van der Waals surface area (Å²) in [4.78, 5) is 35.6. The largest absolute Gasteiger partial charge is 0.329 e. The van der Waals surface area contributed by atoms with Gasteiger partial charge in [-0.25, -0.2) is 4.79 Å². The third kappa shape index (κ3) is 3.05. The van der Waals surface area contributed by atoms with Gasteiger partial charge in [0.15, 0.2) is 0 Å². The van der Waals surface area contributed by atoms with E-state index in [1.54, 1.807) is 35.0 Å². The lowest BCUT2D eigenvalue weighted by Gasteiger charge is -2.08. The number of aromatic nitrogens is 1. The van der Waals surface area contributed by atoms with Crippen LogP contribution in [0.4, 0.5) is 10.5 Å². The fourth-order valence-electron chi connectivity index (χ4n) is 2.52. The number of nitro groups is 1. The summed E-state index contributed by atoms with van der Waals surface area (Å²) in [6.45, 7) is 3.64. The molecule has 1 aromatic carbocycles. The van der Waals surface area contributed by atoms with Gasteiger partial charge in [-0.15, -0.1) is 6.58 Å². The van der Waals surface area contributed by atoms with Crippen molar-refractivity contribution in [1.82, 2.24) is 14.8 Å². The van der Waals surface area contributed by atoms with Gasteiger partial charge in [-0.1, -0.05) is 12.1 Å². The van der Waals surface area contributed by atoms with Crippen molar-refractivity contribution in [3.8, 4) is 5.69 Å². The Labute approximate surface area is 142 Å². The van der Waals surface area contributed by atoms with Gasteiger partial charge in [0.05, 0.1) is 10.6 Å². The van der Waals surface area contributed by atoms with Gasteiger partial charge >= 0.3 is 6.03 Å². The summed E-state index contributed by atoms with van der Waals surface area (Å²) in [7, 11) is 0. The summed E-state index contributed by atoms with van der Waals surface area (Å²) in [6, 6.07) is 9.10. The minimum absolute atomic E-state index is 0.0350. The van der Waals surface area contributed by atoms with Crippen LogP contribution in [0.5, 0.6) is 0 Å². The number of non-ortho nitro benzene ring substituents is 1. The van der Waals surface area contributed by atoms with Crippen molar-refractivity contribution < 1.29 is 14.5 Å². The van der Waals surface area contributed by atoms with Crippen molar-refractivity contribution in [3.05, 3.63) is 76.8 Å². The Morgan fingerprint density at radius 1 is 1.24 bits per heavy atom. The Kier molecular flexibility index (Phi) is 4.17. The molecule has 0 atom stereocenters. The van der Waals surface area contributed by atoms with Crippen molar-refractivity contribution >= 4 is 23.7 Å². The summed E-state index contributed by atoms with van der Waals surface area (Å²) < 4.78 is 1.69. The number of carbonyl (C=O) groups is 2. The summed E-state index contributed by atoms with van der Waals surface area (Å²) in [5.74, 6) is -0.448. The highest BCUT2D eigenvalue weighted by Gasteiger charge is 2.32. The predicted molar refractivity (Wildman–Crippen MR) is 90.8 cm³/mol. The molecule has 8 heteroatoms. The number of hydrogen-bond donors (Lipinski definition) is 1. The Hall–Kier alpha value is -3.68. The van der Waals surface area contributed by atoms with Gasteiger partial charge in [-0.05, 0) is 24.3 Å². The molecule has 8 nitrogen and oxygen atoms in total. The number of amides is 3. The molecule has 0 spiro atoms. The van der Waals surface area contributed by atoms with E-state index >= 15 is 0 Å². The van der Waals surface area contributed by atoms with Crippen LogP contribution >= 0.6 is 0 Å². The van der Waals surface area contributed by atoms with Crippen molar-refractivity contribution in [1.29, 1.82) is 0 Å². The molecule has 0 aliphatic carbocycles. The SMILES string of the molecule is C=CCN1C(=O)N/C(=C/c2cccn2-c2cccc([N+](=O)[O-])c2)C1=O. The van der Waals surface area contributed by atoms with Crippen molar-refractivity contribution in [2.45, 2.75) is 0 Å². The van der Waals surface area contributed by atoms with Gasteiger partial charge in [0, 0.05) is 30.6 Å². The number of rotatable bonds is 5. The number of carbonyl (C=O) groups excluding carboxylic acids is 2. The minimum atomic E-state index is -0.510. The van der Waals surface area contributed by atoms with Crippen LogP contribution in [0.15, 0.2) is 60.9 Å². The first-order valence-corrected chi connectivity index (χ1v) is 7.39. The Bertz CT molecular complexity index is 913. The second-order valence-electron chi connectivity index (χ2n) is 5.27. The van der Waals surface area contributed by atoms with Crippen LogP contribution in [0.25, 0.3) is 11.8 Å². The monoisotopic (exact) mass is 338 g/mol. The predicted octanol–water partition coefficient (Wildman–Crippen LogP) is 2.46. The van der Waals surface area contributed by atoms with Crippen LogP contribution in [0.1, 0.15) is 5.69 Å². The third-order valence-corrected chi connectivity index (χ3v) is 3.67.